The lowest BCUT2D eigenvalue weighted by molar-refractivity contribution is 0.472. The summed E-state index contributed by atoms with van der Waals surface area (Å²) in [6.07, 6.45) is 4.02. The summed E-state index contributed by atoms with van der Waals surface area (Å²) in [7, 11) is 0. The molecule has 0 saturated heterocycles. The normalized spacial score (nSPS) is 38.2. The SMILES string of the molecule is N=C1CC2CCC(C1)N=N2. The van der Waals surface area contributed by atoms with Crippen molar-refractivity contribution in [1.82, 2.24) is 0 Å². The van der Waals surface area contributed by atoms with Gasteiger partial charge in [0, 0.05) is 18.6 Å². The Hall–Kier alpha value is -0.730. The molecule has 0 aromatic carbocycles. The van der Waals surface area contributed by atoms with Crippen molar-refractivity contribution < 1.29 is 0 Å². The van der Waals surface area contributed by atoms with E-state index in [0.717, 1.165) is 31.4 Å². The minimum Gasteiger partial charge on any atom is -0.310 e. The van der Waals surface area contributed by atoms with Gasteiger partial charge in [-0.05, 0) is 12.8 Å². The Kier molecular flexibility index (Phi) is 1.29. The van der Waals surface area contributed by atoms with E-state index in [9.17, 15) is 0 Å². The van der Waals surface area contributed by atoms with E-state index in [-0.39, 0.29) is 0 Å². The molecule has 2 bridgehead atoms. The molecule has 2 heterocycles. The van der Waals surface area contributed by atoms with Gasteiger partial charge in [-0.15, -0.1) is 0 Å². The molecule has 3 nitrogen and oxygen atoms in total. The van der Waals surface area contributed by atoms with Crippen LogP contribution in [-0.4, -0.2) is 17.8 Å². The van der Waals surface area contributed by atoms with Gasteiger partial charge in [-0.2, -0.15) is 10.2 Å². The van der Waals surface area contributed by atoms with Gasteiger partial charge in [0.25, 0.3) is 0 Å². The molecule has 54 valence electrons. The highest BCUT2D eigenvalue weighted by Gasteiger charge is 2.25. The number of nitrogens with one attached hydrogen (secondary N) is 1. The fourth-order valence-electron chi connectivity index (χ4n) is 1.63. The van der Waals surface area contributed by atoms with Gasteiger partial charge in [-0.1, -0.05) is 0 Å². The average molecular weight is 137 g/mol. The Morgan fingerprint density at radius 3 is 2.00 bits per heavy atom. The molecule has 2 aliphatic heterocycles. The minimum atomic E-state index is 0.353. The van der Waals surface area contributed by atoms with E-state index >= 15 is 0 Å². The number of hydrogen-bond acceptors (Lipinski definition) is 3. The van der Waals surface area contributed by atoms with Crippen LogP contribution in [0.2, 0.25) is 0 Å². The zero-order chi connectivity index (χ0) is 6.97. The third-order valence-corrected chi connectivity index (χ3v) is 2.19. The van der Waals surface area contributed by atoms with Crippen molar-refractivity contribution in [2.75, 3.05) is 0 Å². The smallest absolute Gasteiger partial charge is 0.0761 e. The molecule has 3 heteroatoms. The maximum Gasteiger partial charge on any atom is 0.0761 e. The number of fused-ring (bicyclic) bond motifs is 3. The molecule has 2 unspecified atom stereocenters. The lowest BCUT2D eigenvalue weighted by atomic mass is 10.1. The van der Waals surface area contributed by atoms with E-state index in [1.54, 1.807) is 0 Å². The van der Waals surface area contributed by atoms with E-state index in [1.807, 2.05) is 0 Å². The first-order chi connectivity index (χ1) is 4.84. The first-order valence-electron chi connectivity index (χ1n) is 3.81. The monoisotopic (exact) mass is 137 g/mol. The van der Waals surface area contributed by atoms with Gasteiger partial charge in [-0.3, -0.25) is 0 Å². The Balaban J connectivity index is 2.21. The molecule has 1 fully saturated rings. The maximum absolute atomic E-state index is 7.51. The Bertz CT molecular complexity index is 167. The minimum absolute atomic E-state index is 0.353. The van der Waals surface area contributed by atoms with E-state index in [1.165, 1.54) is 0 Å². The maximum atomic E-state index is 7.51. The lowest BCUT2D eigenvalue weighted by Gasteiger charge is -2.12. The molecule has 0 aromatic rings. The molecular formula is C7H11N3. The van der Waals surface area contributed by atoms with Crippen LogP contribution in [0.15, 0.2) is 10.2 Å². The van der Waals surface area contributed by atoms with Crippen LogP contribution in [0, 0.1) is 5.41 Å². The third kappa shape index (κ3) is 0.958. The van der Waals surface area contributed by atoms with Crippen molar-refractivity contribution in [3.63, 3.8) is 0 Å². The lowest BCUT2D eigenvalue weighted by Crippen LogP contribution is -2.09. The molecule has 1 N–H and O–H groups in total. The van der Waals surface area contributed by atoms with Crippen molar-refractivity contribution in [2.24, 2.45) is 10.2 Å². The highest BCUT2D eigenvalue weighted by Crippen LogP contribution is 2.25. The second kappa shape index (κ2) is 2.15. The standard InChI is InChI=1S/C7H11N3/c8-5-3-6-1-2-7(4-5)10-9-6/h6-8H,1-4H2. The topological polar surface area (TPSA) is 48.6 Å². The van der Waals surface area contributed by atoms with Crippen molar-refractivity contribution in [2.45, 2.75) is 37.8 Å². The summed E-state index contributed by atoms with van der Waals surface area (Å²) in [5, 5.41) is 15.8. The largest absolute Gasteiger partial charge is 0.310 e. The van der Waals surface area contributed by atoms with Gasteiger partial charge in [-0.25, -0.2) is 0 Å². The van der Waals surface area contributed by atoms with Crippen LogP contribution >= 0.6 is 0 Å². The second-order valence-electron chi connectivity index (χ2n) is 3.13. The first-order valence-corrected chi connectivity index (χ1v) is 3.81. The van der Waals surface area contributed by atoms with Crippen LogP contribution in [0.5, 0.6) is 0 Å². The molecule has 0 spiro atoms. The summed E-state index contributed by atoms with van der Waals surface area (Å²) >= 11 is 0. The summed E-state index contributed by atoms with van der Waals surface area (Å²) in [4.78, 5) is 0. The summed E-state index contributed by atoms with van der Waals surface area (Å²) in [5.74, 6) is 0. The van der Waals surface area contributed by atoms with Crippen LogP contribution < -0.4 is 0 Å². The van der Waals surface area contributed by atoms with Crippen LogP contribution in [0.1, 0.15) is 25.7 Å². The quantitative estimate of drug-likeness (QED) is 0.529. The van der Waals surface area contributed by atoms with Crippen molar-refractivity contribution in [3.8, 4) is 0 Å². The Morgan fingerprint density at radius 2 is 1.60 bits per heavy atom. The summed E-state index contributed by atoms with van der Waals surface area (Å²) < 4.78 is 0. The second-order valence-corrected chi connectivity index (χ2v) is 3.13. The molecule has 10 heavy (non-hydrogen) atoms. The third-order valence-electron chi connectivity index (χ3n) is 2.19. The predicted molar refractivity (Wildman–Crippen MR) is 38.6 cm³/mol. The molecule has 3 aliphatic rings. The van der Waals surface area contributed by atoms with Gasteiger partial charge in [0.15, 0.2) is 0 Å². The van der Waals surface area contributed by atoms with Gasteiger partial charge >= 0.3 is 0 Å². The molecular weight excluding hydrogens is 126 g/mol. The molecule has 1 aliphatic carbocycles. The van der Waals surface area contributed by atoms with E-state index in [4.69, 9.17) is 5.41 Å². The van der Waals surface area contributed by atoms with Gasteiger partial charge in [0.2, 0.25) is 0 Å². The highest BCUT2D eigenvalue weighted by atomic mass is 15.2. The predicted octanol–water partition coefficient (Wildman–Crippen LogP) is 1.78. The van der Waals surface area contributed by atoms with Crippen LogP contribution in [0.4, 0.5) is 0 Å². The van der Waals surface area contributed by atoms with Gasteiger partial charge in [0.1, 0.15) is 0 Å². The first kappa shape index (κ1) is 6.01. The van der Waals surface area contributed by atoms with Crippen molar-refractivity contribution >= 4 is 5.71 Å². The average Bonchev–Trinajstić information content (AvgIpc) is 2.17. The zero-order valence-electron chi connectivity index (χ0n) is 5.88. The Morgan fingerprint density at radius 1 is 1.10 bits per heavy atom. The van der Waals surface area contributed by atoms with Gasteiger partial charge < -0.3 is 5.41 Å². The molecule has 2 atom stereocenters. The number of nitrogens with zero attached hydrogens (tertiary/aromatic N) is 2. The van der Waals surface area contributed by atoms with E-state index < -0.39 is 0 Å². The summed E-state index contributed by atoms with van der Waals surface area (Å²) in [6, 6.07) is 0.706. The molecule has 0 aromatic heterocycles. The van der Waals surface area contributed by atoms with E-state index in [0.29, 0.717) is 12.1 Å². The Labute approximate surface area is 60.0 Å². The molecule has 1 saturated carbocycles. The summed E-state index contributed by atoms with van der Waals surface area (Å²) in [5.41, 5.74) is 0.845. The van der Waals surface area contributed by atoms with Crippen molar-refractivity contribution in [3.05, 3.63) is 0 Å². The van der Waals surface area contributed by atoms with Crippen LogP contribution in [0.3, 0.4) is 0 Å². The fraction of sp³-hybridized carbons (Fsp3) is 0.857. The molecule has 0 radical (unpaired) electrons. The number of hydrogen-bond donors (Lipinski definition) is 1. The van der Waals surface area contributed by atoms with Gasteiger partial charge in [0.05, 0.1) is 12.1 Å². The highest BCUT2D eigenvalue weighted by molar-refractivity contribution is 5.83. The molecule has 3 rings (SSSR count). The van der Waals surface area contributed by atoms with Crippen LogP contribution in [0.25, 0.3) is 0 Å². The van der Waals surface area contributed by atoms with E-state index in [2.05, 4.69) is 10.2 Å². The number of azo groups is 1. The summed E-state index contributed by atoms with van der Waals surface area (Å²) in [6.45, 7) is 0. The molecule has 0 amide bonds. The van der Waals surface area contributed by atoms with Crippen molar-refractivity contribution in [1.29, 1.82) is 5.41 Å². The number of rotatable bonds is 0. The van der Waals surface area contributed by atoms with Crippen LogP contribution in [-0.2, 0) is 0 Å². The zero-order valence-corrected chi connectivity index (χ0v) is 5.88. The fourth-order valence-corrected chi connectivity index (χ4v) is 1.63.